The molecule has 0 bridgehead atoms. The summed E-state index contributed by atoms with van der Waals surface area (Å²) in [6, 6.07) is 3.49. The van der Waals surface area contributed by atoms with Crippen LogP contribution in [0.25, 0.3) is 28.3 Å². The predicted molar refractivity (Wildman–Crippen MR) is 87.5 cm³/mol. The van der Waals surface area contributed by atoms with E-state index in [1.54, 1.807) is 32.2 Å². The van der Waals surface area contributed by atoms with E-state index in [0.717, 1.165) is 0 Å². The number of carbonyl (C=O) groups is 1. The quantitative estimate of drug-likeness (QED) is 0.551. The smallest absolute Gasteiger partial charge is 0.333 e. The minimum Gasteiger partial charge on any atom is -0.467 e. The molecule has 0 fully saturated rings. The van der Waals surface area contributed by atoms with Crippen LogP contribution in [0, 0.1) is 0 Å². The first-order valence-corrected chi connectivity index (χ1v) is 7.46. The van der Waals surface area contributed by atoms with Crippen LogP contribution in [0.2, 0.25) is 0 Å². The Morgan fingerprint density at radius 1 is 1.32 bits per heavy atom. The number of anilines is 1. The van der Waals surface area contributed by atoms with Crippen LogP contribution in [0.3, 0.4) is 0 Å². The average molecular weight is 341 g/mol. The van der Waals surface area contributed by atoms with E-state index in [9.17, 15) is 4.79 Å². The summed E-state index contributed by atoms with van der Waals surface area (Å²) in [5.74, 6) is 0.565. The molecule has 0 aliphatic heterocycles. The summed E-state index contributed by atoms with van der Waals surface area (Å²) < 4.78 is 13.1. The van der Waals surface area contributed by atoms with Gasteiger partial charge in [0, 0.05) is 0 Å². The molecule has 10 nitrogen and oxygen atoms in total. The Morgan fingerprint density at radius 3 is 2.80 bits per heavy atom. The van der Waals surface area contributed by atoms with Crippen molar-refractivity contribution >= 4 is 28.6 Å². The third kappa shape index (κ3) is 2.07. The molecular formula is C15H15N7O3. The number of hydrogen-bond donors (Lipinski definition) is 1. The molecule has 4 heterocycles. The lowest BCUT2D eigenvalue weighted by molar-refractivity contribution is -0.149. The fourth-order valence-electron chi connectivity index (χ4n) is 2.66. The lowest BCUT2D eigenvalue weighted by Gasteiger charge is -2.22. The Hall–Kier alpha value is -3.43. The number of nitrogen functional groups attached to an aromatic ring is 1. The summed E-state index contributed by atoms with van der Waals surface area (Å²) >= 11 is 0. The van der Waals surface area contributed by atoms with Crippen molar-refractivity contribution in [2.45, 2.75) is 19.4 Å². The van der Waals surface area contributed by atoms with Gasteiger partial charge in [0.1, 0.15) is 0 Å². The van der Waals surface area contributed by atoms with Crippen molar-refractivity contribution in [2.75, 3.05) is 12.8 Å². The second-order valence-corrected chi connectivity index (χ2v) is 5.96. The number of rotatable bonds is 3. The van der Waals surface area contributed by atoms with E-state index < -0.39 is 11.5 Å². The highest BCUT2D eigenvalue weighted by molar-refractivity contribution is 5.92. The van der Waals surface area contributed by atoms with E-state index in [0.29, 0.717) is 28.3 Å². The van der Waals surface area contributed by atoms with Crippen LogP contribution < -0.4 is 5.73 Å². The van der Waals surface area contributed by atoms with E-state index in [1.165, 1.54) is 22.6 Å². The highest BCUT2D eigenvalue weighted by Gasteiger charge is 2.34. The molecule has 0 atom stereocenters. The summed E-state index contributed by atoms with van der Waals surface area (Å²) in [6.07, 6.45) is 3.11. The Bertz CT molecular complexity index is 1090. The molecule has 4 rings (SSSR count). The van der Waals surface area contributed by atoms with Gasteiger partial charge in [-0.1, -0.05) is 0 Å². The maximum atomic E-state index is 12.1. The van der Waals surface area contributed by atoms with Gasteiger partial charge in [-0.3, -0.25) is 0 Å². The zero-order valence-corrected chi connectivity index (χ0v) is 13.8. The minimum absolute atomic E-state index is 0.121. The molecule has 0 aromatic carbocycles. The monoisotopic (exact) mass is 341 g/mol. The van der Waals surface area contributed by atoms with Gasteiger partial charge in [-0.15, -0.1) is 5.10 Å². The summed E-state index contributed by atoms with van der Waals surface area (Å²) in [4.78, 5) is 20.9. The molecule has 0 unspecified atom stereocenters. The van der Waals surface area contributed by atoms with Gasteiger partial charge in [-0.2, -0.15) is 14.6 Å². The summed E-state index contributed by atoms with van der Waals surface area (Å²) in [6.45, 7) is 3.37. The molecule has 0 radical (unpaired) electrons. The van der Waals surface area contributed by atoms with Gasteiger partial charge < -0.3 is 14.9 Å². The highest BCUT2D eigenvalue weighted by atomic mass is 16.5. The second-order valence-electron chi connectivity index (χ2n) is 5.96. The van der Waals surface area contributed by atoms with Crippen molar-refractivity contribution in [3.05, 3.63) is 24.6 Å². The second kappa shape index (κ2) is 5.03. The van der Waals surface area contributed by atoms with Crippen molar-refractivity contribution in [2.24, 2.45) is 0 Å². The Labute approximate surface area is 141 Å². The minimum atomic E-state index is -1.06. The molecule has 0 saturated carbocycles. The molecule has 4 aromatic heterocycles. The maximum absolute atomic E-state index is 12.1. The Kier molecular flexibility index (Phi) is 3.04. The molecule has 2 N–H and O–H groups in total. The summed E-state index contributed by atoms with van der Waals surface area (Å²) in [7, 11) is 1.32. The molecule has 0 spiro atoms. The summed E-state index contributed by atoms with van der Waals surface area (Å²) in [5.41, 5.74) is 5.86. The topological polar surface area (TPSA) is 126 Å². The van der Waals surface area contributed by atoms with Gasteiger partial charge in [0.05, 0.1) is 25.0 Å². The van der Waals surface area contributed by atoms with Crippen LogP contribution in [0.1, 0.15) is 13.8 Å². The van der Waals surface area contributed by atoms with Crippen LogP contribution in [0.15, 0.2) is 29.0 Å². The van der Waals surface area contributed by atoms with Crippen LogP contribution >= 0.6 is 0 Å². The normalized spacial score (nSPS) is 12.1. The van der Waals surface area contributed by atoms with Crippen LogP contribution in [0.4, 0.5) is 5.95 Å². The van der Waals surface area contributed by atoms with Crippen molar-refractivity contribution in [1.82, 2.24) is 29.4 Å². The molecule has 0 amide bonds. The van der Waals surface area contributed by atoms with E-state index >= 15 is 0 Å². The lowest BCUT2D eigenvalue weighted by Crippen LogP contribution is -2.37. The fraction of sp³-hybridized carbons (Fsp3) is 0.267. The van der Waals surface area contributed by atoms with E-state index in [1.807, 2.05) is 0 Å². The van der Waals surface area contributed by atoms with Crippen molar-refractivity contribution in [3.8, 4) is 11.6 Å². The Balaban J connectivity index is 1.98. The van der Waals surface area contributed by atoms with E-state index in [-0.39, 0.29) is 5.95 Å². The van der Waals surface area contributed by atoms with Gasteiger partial charge in [0.15, 0.2) is 22.6 Å². The number of nitrogens with two attached hydrogens (primary N) is 1. The first kappa shape index (κ1) is 15.1. The predicted octanol–water partition coefficient (Wildman–Crippen LogP) is 1.22. The Morgan fingerprint density at radius 2 is 2.12 bits per heavy atom. The highest BCUT2D eigenvalue weighted by Crippen LogP contribution is 2.27. The van der Waals surface area contributed by atoms with E-state index in [4.69, 9.17) is 14.9 Å². The van der Waals surface area contributed by atoms with Gasteiger partial charge >= 0.3 is 5.97 Å². The fourth-order valence-corrected chi connectivity index (χ4v) is 2.66. The number of methoxy groups -OCH3 is 1. The number of furan rings is 1. The molecule has 25 heavy (non-hydrogen) atoms. The van der Waals surface area contributed by atoms with Gasteiger partial charge in [-0.25, -0.2) is 14.5 Å². The summed E-state index contributed by atoms with van der Waals surface area (Å²) in [5, 5.41) is 9.22. The first-order valence-electron chi connectivity index (χ1n) is 7.46. The van der Waals surface area contributed by atoms with Gasteiger partial charge in [0.25, 0.3) is 0 Å². The number of carbonyl (C=O) groups excluding carboxylic acids is 1. The zero-order valence-electron chi connectivity index (χ0n) is 13.8. The number of nitrogens with zero attached hydrogens (tertiary/aromatic N) is 6. The SMILES string of the molecule is COC(=O)C(C)(C)n1ncc2c1nc(N)n1nc(-c3ccco3)nc21. The standard InChI is InChI=1S/C15H15N7O3/c1-15(2,13(23)24-3)22-12-8(7-17-22)11-18-10(9-5-4-6-25-9)20-21(11)14(16)19-12/h4-7H,1-3H3,(H2,16,19). The number of hydrogen-bond acceptors (Lipinski definition) is 8. The zero-order chi connectivity index (χ0) is 17.8. The molecule has 0 aliphatic rings. The van der Waals surface area contributed by atoms with Crippen molar-refractivity contribution in [1.29, 1.82) is 0 Å². The van der Waals surface area contributed by atoms with Crippen molar-refractivity contribution in [3.63, 3.8) is 0 Å². The molecular weight excluding hydrogens is 326 g/mol. The molecule has 0 aliphatic carbocycles. The first-order chi connectivity index (χ1) is 11.9. The number of fused-ring (bicyclic) bond motifs is 3. The maximum Gasteiger partial charge on any atom is 0.333 e. The van der Waals surface area contributed by atoms with Gasteiger partial charge in [-0.05, 0) is 26.0 Å². The van der Waals surface area contributed by atoms with Crippen LogP contribution in [0.5, 0.6) is 0 Å². The van der Waals surface area contributed by atoms with Crippen LogP contribution in [-0.4, -0.2) is 42.4 Å². The lowest BCUT2D eigenvalue weighted by atomic mass is 10.1. The number of esters is 1. The largest absolute Gasteiger partial charge is 0.467 e. The number of ether oxygens (including phenoxy) is 1. The number of aromatic nitrogens is 6. The molecule has 0 saturated heterocycles. The molecule has 10 heteroatoms. The molecule has 128 valence electrons. The van der Waals surface area contributed by atoms with Crippen LogP contribution in [-0.2, 0) is 15.1 Å². The van der Waals surface area contributed by atoms with E-state index in [2.05, 4.69) is 20.2 Å². The molecule has 4 aromatic rings. The van der Waals surface area contributed by atoms with Gasteiger partial charge in [0.2, 0.25) is 11.8 Å². The third-order valence-corrected chi connectivity index (χ3v) is 3.99. The average Bonchev–Trinajstić information content (AvgIpc) is 3.30. The van der Waals surface area contributed by atoms with Crippen molar-refractivity contribution < 1.29 is 13.9 Å². The third-order valence-electron chi connectivity index (χ3n) is 3.99.